The van der Waals surface area contributed by atoms with Gasteiger partial charge in [-0.25, -0.2) is 8.78 Å². The van der Waals surface area contributed by atoms with Gasteiger partial charge in [0.15, 0.2) is 0 Å². The maximum Gasteiger partial charge on any atom is 0.330 e. The van der Waals surface area contributed by atoms with Crippen molar-refractivity contribution in [1.29, 1.82) is 0 Å². The lowest BCUT2D eigenvalue weighted by Gasteiger charge is -2.20. The van der Waals surface area contributed by atoms with Crippen LogP contribution in [-0.2, 0) is 4.74 Å². The first kappa shape index (κ1) is 16.4. The van der Waals surface area contributed by atoms with Gasteiger partial charge in [-0.05, 0) is 19.4 Å². The van der Waals surface area contributed by atoms with E-state index in [0.29, 0.717) is 13.0 Å². The smallest absolute Gasteiger partial charge is 0.330 e. The topological polar surface area (TPSA) is 21.3 Å². The quantitative estimate of drug-likeness (QED) is 0.480. The second-order valence-corrected chi connectivity index (χ2v) is 3.75. The largest absolute Gasteiger partial charge is 0.373 e. The predicted molar refractivity (Wildman–Crippen MR) is 58.7 cm³/mol. The SMILES string of the molecule is C=CCC(COCC(F)(F)C(F)F)NCCC. The summed E-state index contributed by atoms with van der Waals surface area (Å²) >= 11 is 0. The highest BCUT2D eigenvalue weighted by atomic mass is 19.3. The van der Waals surface area contributed by atoms with E-state index in [-0.39, 0.29) is 12.6 Å². The van der Waals surface area contributed by atoms with Gasteiger partial charge in [-0.2, -0.15) is 8.78 Å². The summed E-state index contributed by atoms with van der Waals surface area (Å²) < 4.78 is 53.3. The van der Waals surface area contributed by atoms with E-state index < -0.39 is 19.0 Å². The van der Waals surface area contributed by atoms with Gasteiger partial charge in [-0.3, -0.25) is 0 Å². The molecule has 0 heterocycles. The van der Waals surface area contributed by atoms with Crippen LogP contribution >= 0.6 is 0 Å². The molecule has 0 spiro atoms. The van der Waals surface area contributed by atoms with Crippen LogP contribution in [0.1, 0.15) is 19.8 Å². The molecule has 0 aromatic carbocycles. The zero-order chi connectivity index (χ0) is 13.3. The molecule has 0 bridgehead atoms. The molecule has 0 aromatic heterocycles. The average molecular weight is 257 g/mol. The molecular formula is C11H19F4NO. The molecule has 0 aromatic rings. The third-order valence-corrected chi connectivity index (χ3v) is 2.07. The van der Waals surface area contributed by atoms with Crippen molar-refractivity contribution in [3.8, 4) is 0 Å². The van der Waals surface area contributed by atoms with Gasteiger partial charge >= 0.3 is 12.3 Å². The minimum atomic E-state index is -4.08. The Bertz CT molecular complexity index is 212. The molecule has 1 unspecified atom stereocenters. The van der Waals surface area contributed by atoms with E-state index in [1.165, 1.54) is 0 Å². The second-order valence-electron chi connectivity index (χ2n) is 3.75. The first-order valence-electron chi connectivity index (χ1n) is 5.52. The Morgan fingerprint density at radius 2 is 2.06 bits per heavy atom. The zero-order valence-electron chi connectivity index (χ0n) is 9.89. The molecule has 0 aliphatic carbocycles. The van der Waals surface area contributed by atoms with Crippen molar-refractivity contribution in [1.82, 2.24) is 5.32 Å². The highest BCUT2D eigenvalue weighted by Crippen LogP contribution is 2.22. The monoisotopic (exact) mass is 257 g/mol. The van der Waals surface area contributed by atoms with Crippen LogP contribution in [0.3, 0.4) is 0 Å². The number of nitrogens with one attached hydrogen (secondary N) is 1. The molecule has 0 fully saturated rings. The van der Waals surface area contributed by atoms with E-state index in [2.05, 4.69) is 16.6 Å². The fourth-order valence-electron chi connectivity index (χ4n) is 1.16. The molecule has 0 radical (unpaired) electrons. The van der Waals surface area contributed by atoms with E-state index in [4.69, 9.17) is 0 Å². The number of alkyl halides is 4. The van der Waals surface area contributed by atoms with Gasteiger partial charge in [-0.1, -0.05) is 13.0 Å². The lowest BCUT2D eigenvalue weighted by molar-refractivity contribution is -0.167. The number of rotatable bonds is 10. The van der Waals surface area contributed by atoms with E-state index in [9.17, 15) is 17.6 Å². The average Bonchev–Trinajstić information content (AvgIpc) is 2.25. The molecule has 0 aliphatic rings. The molecule has 0 amide bonds. The molecule has 0 rings (SSSR count). The number of ether oxygens (including phenoxy) is 1. The van der Waals surface area contributed by atoms with Crippen molar-refractivity contribution in [3.05, 3.63) is 12.7 Å². The van der Waals surface area contributed by atoms with Gasteiger partial charge in [0.05, 0.1) is 6.61 Å². The Hall–Kier alpha value is -0.620. The van der Waals surface area contributed by atoms with E-state index >= 15 is 0 Å². The van der Waals surface area contributed by atoms with Crippen LogP contribution in [0.5, 0.6) is 0 Å². The summed E-state index contributed by atoms with van der Waals surface area (Å²) in [5.41, 5.74) is 0. The minimum Gasteiger partial charge on any atom is -0.373 e. The van der Waals surface area contributed by atoms with Gasteiger partial charge in [-0.15, -0.1) is 6.58 Å². The molecule has 17 heavy (non-hydrogen) atoms. The van der Waals surface area contributed by atoms with E-state index in [1.807, 2.05) is 6.92 Å². The predicted octanol–water partition coefficient (Wildman–Crippen LogP) is 2.85. The third-order valence-electron chi connectivity index (χ3n) is 2.07. The highest BCUT2D eigenvalue weighted by molar-refractivity contribution is 4.78. The van der Waals surface area contributed by atoms with Gasteiger partial charge in [0.25, 0.3) is 0 Å². The first-order chi connectivity index (χ1) is 7.94. The van der Waals surface area contributed by atoms with Gasteiger partial charge in [0.1, 0.15) is 6.61 Å². The summed E-state index contributed by atoms with van der Waals surface area (Å²) in [6.45, 7) is 4.92. The van der Waals surface area contributed by atoms with Crippen LogP contribution < -0.4 is 5.32 Å². The standard InChI is InChI=1S/C11H19F4NO/c1-3-5-9(16-6-4-2)7-17-8-11(14,15)10(12)13/h3,9-10,16H,1,4-8H2,2H3. The minimum absolute atomic E-state index is 0.0334. The maximum absolute atomic E-state index is 12.5. The molecule has 0 saturated heterocycles. The molecule has 6 heteroatoms. The lowest BCUT2D eigenvalue weighted by Crippen LogP contribution is -2.37. The zero-order valence-corrected chi connectivity index (χ0v) is 9.89. The van der Waals surface area contributed by atoms with Gasteiger partial charge in [0.2, 0.25) is 0 Å². The van der Waals surface area contributed by atoms with Crippen molar-refractivity contribution in [3.63, 3.8) is 0 Å². The Kier molecular flexibility index (Phi) is 8.16. The Balaban J connectivity index is 3.91. The molecule has 102 valence electrons. The molecule has 0 saturated carbocycles. The van der Waals surface area contributed by atoms with Crippen LogP contribution in [0, 0.1) is 0 Å². The number of hydrogen-bond acceptors (Lipinski definition) is 2. The number of halogens is 4. The molecule has 2 nitrogen and oxygen atoms in total. The van der Waals surface area contributed by atoms with Crippen LogP contribution in [0.2, 0.25) is 0 Å². The van der Waals surface area contributed by atoms with Crippen LogP contribution in [0.4, 0.5) is 17.6 Å². The maximum atomic E-state index is 12.5. The Morgan fingerprint density at radius 3 is 2.53 bits per heavy atom. The first-order valence-corrected chi connectivity index (χ1v) is 5.52. The molecule has 1 atom stereocenters. The van der Waals surface area contributed by atoms with E-state index in [0.717, 1.165) is 6.42 Å². The van der Waals surface area contributed by atoms with Gasteiger partial charge in [0, 0.05) is 6.04 Å². The van der Waals surface area contributed by atoms with Gasteiger partial charge < -0.3 is 10.1 Å². The number of hydrogen-bond donors (Lipinski definition) is 1. The summed E-state index contributed by atoms with van der Waals surface area (Å²) in [5.74, 6) is -4.08. The third kappa shape index (κ3) is 7.33. The fraction of sp³-hybridized carbons (Fsp3) is 0.818. The summed E-state index contributed by atoms with van der Waals surface area (Å²) in [4.78, 5) is 0. The van der Waals surface area contributed by atoms with Crippen molar-refractivity contribution >= 4 is 0 Å². The highest BCUT2D eigenvalue weighted by Gasteiger charge is 2.41. The molecule has 1 N–H and O–H groups in total. The Morgan fingerprint density at radius 1 is 1.41 bits per heavy atom. The Labute approximate surface area is 99.0 Å². The van der Waals surface area contributed by atoms with Crippen molar-refractivity contribution in [2.75, 3.05) is 19.8 Å². The van der Waals surface area contributed by atoms with Crippen LogP contribution in [0.25, 0.3) is 0 Å². The normalized spacial score (nSPS) is 14.0. The second kappa shape index (κ2) is 8.47. The fourth-order valence-corrected chi connectivity index (χ4v) is 1.16. The van der Waals surface area contributed by atoms with Crippen LogP contribution in [0.15, 0.2) is 12.7 Å². The molecule has 0 aliphatic heterocycles. The lowest BCUT2D eigenvalue weighted by atomic mass is 10.2. The van der Waals surface area contributed by atoms with Crippen molar-refractivity contribution in [2.45, 2.75) is 38.2 Å². The van der Waals surface area contributed by atoms with E-state index in [1.54, 1.807) is 6.08 Å². The summed E-state index contributed by atoms with van der Waals surface area (Å²) in [7, 11) is 0. The summed E-state index contributed by atoms with van der Waals surface area (Å²) in [6.07, 6.45) is -0.632. The summed E-state index contributed by atoms with van der Waals surface area (Å²) in [5, 5.41) is 3.06. The summed E-state index contributed by atoms with van der Waals surface area (Å²) in [6, 6.07) is -0.166. The van der Waals surface area contributed by atoms with Crippen molar-refractivity contribution < 1.29 is 22.3 Å². The van der Waals surface area contributed by atoms with Crippen LogP contribution in [-0.4, -0.2) is 38.1 Å². The molecular weight excluding hydrogens is 238 g/mol. The van der Waals surface area contributed by atoms with Crippen molar-refractivity contribution in [2.24, 2.45) is 0 Å².